The van der Waals surface area contributed by atoms with Crippen molar-refractivity contribution in [2.45, 2.75) is 6.92 Å². The molecule has 0 bridgehead atoms. The van der Waals surface area contributed by atoms with Gasteiger partial charge < -0.3 is 0 Å². The summed E-state index contributed by atoms with van der Waals surface area (Å²) in [6.45, 7) is 2.07. The Hall–Kier alpha value is 0.0549. The van der Waals surface area contributed by atoms with E-state index in [1.165, 1.54) is 11.0 Å². The fraction of sp³-hybridized carbons (Fsp3) is 0.143. The molecular formula is C7H7BBrCl. The fourth-order valence-electron chi connectivity index (χ4n) is 0.774. The van der Waals surface area contributed by atoms with E-state index in [1.54, 1.807) is 0 Å². The summed E-state index contributed by atoms with van der Waals surface area (Å²) < 4.78 is 1.08. The highest BCUT2D eigenvalue weighted by atomic mass is 79.9. The van der Waals surface area contributed by atoms with E-state index in [1.807, 2.05) is 20.0 Å². The van der Waals surface area contributed by atoms with Crippen molar-refractivity contribution < 1.29 is 0 Å². The summed E-state index contributed by atoms with van der Waals surface area (Å²) in [5, 5.41) is 0.787. The third kappa shape index (κ3) is 1.56. The van der Waals surface area contributed by atoms with E-state index < -0.39 is 0 Å². The first-order valence-electron chi connectivity index (χ1n) is 3.03. The van der Waals surface area contributed by atoms with Crippen LogP contribution in [0.4, 0.5) is 0 Å². The predicted octanol–water partition coefficient (Wildman–Crippen LogP) is 1.67. The normalized spacial score (nSPS) is 9.90. The highest BCUT2D eigenvalue weighted by Crippen LogP contribution is 2.18. The predicted molar refractivity (Wildman–Crippen MR) is 52.1 cm³/mol. The average molecular weight is 217 g/mol. The topological polar surface area (TPSA) is 0 Å². The minimum Gasteiger partial charge on any atom is -0.0843 e. The zero-order chi connectivity index (χ0) is 7.72. The van der Waals surface area contributed by atoms with Gasteiger partial charge >= 0.3 is 0 Å². The number of rotatable bonds is 0. The summed E-state index contributed by atoms with van der Waals surface area (Å²) in [5.41, 5.74) is 2.48. The molecule has 0 spiro atoms. The molecule has 0 fully saturated rings. The van der Waals surface area contributed by atoms with Crippen molar-refractivity contribution in [2.24, 2.45) is 0 Å². The Labute approximate surface area is 75.1 Å². The lowest BCUT2D eigenvalue weighted by molar-refractivity contribution is 1.47. The van der Waals surface area contributed by atoms with Gasteiger partial charge in [-0.1, -0.05) is 33.0 Å². The molecule has 0 saturated carbocycles. The quantitative estimate of drug-likeness (QED) is 0.580. The van der Waals surface area contributed by atoms with Crippen LogP contribution in [0.1, 0.15) is 5.56 Å². The van der Waals surface area contributed by atoms with E-state index in [9.17, 15) is 0 Å². The van der Waals surface area contributed by atoms with Gasteiger partial charge in [-0.2, -0.15) is 0 Å². The standard InChI is InChI=1S/C7H7BBrCl/c1-4-6(8)2-5(10)3-7(4)9/h2-3H,8H2,1H3. The van der Waals surface area contributed by atoms with E-state index in [-0.39, 0.29) is 0 Å². The van der Waals surface area contributed by atoms with E-state index >= 15 is 0 Å². The van der Waals surface area contributed by atoms with Crippen LogP contribution in [0.25, 0.3) is 0 Å². The van der Waals surface area contributed by atoms with E-state index in [0.29, 0.717) is 0 Å². The molecule has 1 aromatic rings. The van der Waals surface area contributed by atoms with Crippen LogP contribution >= 0.6 is 27.5 Å². The average Bonchev–Trinajstić information content (AvgIpc) is 1.82. The molecule has 0 unspecified atom stereocenters. The van der Waals surface area contributed by atoms with Gasteiger partial charge in [-0.05, 0) is 24.6 Å². The molecule has 0 aliphatic heterocycles. The molecule has 1 rings (SSSR count). The van der Waals surface area contributed by atoms with Crippen molar-refractivity contribution in [3.63, 3.8) is 0 Å². The van der Waals surface area contributed by atoms with Crippen LogP contribution in [-0.4, -0.2) is 7.85 Å². The van der Waals surface area contributed by atoms with Crippen LogP contribution in [0.2, 0.25) is 5.02 Å². The van der Waals surface area contributed by atoms with Gasteiger partial charge in [0, 0.05) is 9.50 Å². The Kier molecular flexibility index (Phi) is 2.43. The van der Waals surface area contributed by atoms with Crippen molar-refractivity contribution in [2.75, 3.05) is 0 Å². The van der Waals surface area contributed by atoms with Gasteiger partial charge in [-0.15, -0.1) is 0 Å². The van der Waals surface area contributed by atoms with Crippen molar-refractivity contribution >= 4 is 40.8 Å². The lowest BCUT2D eigenvalue weighted by Crippen LogP contribution is -2.06. The monoisotopic (exact) mass is 216 g/mol. The molecule has 0 radical (unpaired) electrons. The second-order valence-electron chi connectivity index (χ2n) is 2.33. The first-order chi connectivity index (χ1) is 4.61. The van der Waals surface area contributed by atoms with Crippen molar-refractivity contribution in [3.8, 4) is 0 Å². The van der Waals surface area contributed by atoms with E-state index in [4.69, 9.17) is 11.6 Å². The molecule has 1 aromatic carbocycles. The van der Waals surface area contributed by atoms with Crippen LogP contribution in [0.15, 0.2) is 16.6 Å². The number of benzene rings is 1. The summed E-state index contributed by atoms with van der Waals surface area (Å²) in [7, 11) is 2.05. The lowest BCUT2D eigenvalue weighted by Gasteiger charge is -2.02. The summed E-state index contributed by atoms with van der Waals surface area (Å²) >= 11 is 9.20. The third-order valence-corrected chi connectivity index (χ3v) is 2.61. The summed E-state index contributed by atoms with van der Waals surface area (Å²) in [4.78, 5) is 0. The summed E-state index contributed by atoms with van der Waals surface area (Å²) in [5.74, 6) is 0. The zero-order valence-corrected chi connectivity index (χ0v) is 8.25. The number of hydrogen-bond donors (Lipinski definition) is 0. The molecule has 0 heterocycles. The Balaban J connectivity index is 3.31. The van der Waals surface area contributed by atoms with E-state index in [0.717, 1.165) is 9.50 Å². The van der Waals surface area contributed by atoms with Crippen molar-refractivity contribution in [1.29, 1.82) is 0 Å². The number of hydrogen-bond acceptors (Lipinski definition) is 0. The Bertz CT molecular complexity index is 237. The minimum atomic E-state index is 0.787. The maximum atomic E-state index is 5.79. The third-order valence-electron chi connectivity index (χ3n) is 1.57. The van der Waals surface area contributed by atoms with Gasteiger partial charge in [0.15, 0.2) is 0 Å². The SMILES string of the molecule is Bc1cc(Cl)cc(Br)c1C. The second-order valence-corrected chi connectivity index (χ2v) is 3.62. The van der Waals surface area contributed by atoms with Gasteiger partial charge in [-0.3, -0.25) is 0 Å². The fourth-order valence-corrected chi connectivity index (χ4v) is 1.74. The maximum absolute atomic E-state index is 5.79. The smallest absolute Gasteiger partial charge is 0.0843 e. The lowest BCUT2D eigenvalue weighted by atomic mass is 9.92. The Morgan fingerprint density at radius 2 is 2.10 bits per heavy atom. The molecule has 0 saturated heterocycles. The molecular weight excluding hydrogens is 210 g/mol. The van der Waals surface area contributed by atoms with Crippen LogP contribution in [-0.2, 0) is 0 Å². The minimum absolute atomic E-state index is 0.787. The molecule has 52 valence electrons. The molecule has 0 aliphatic carbocycles. The highest BCUT2D eigenvalue weighted by molar-refractivity contribution is 9.10. The van der Waals surface area contributed by atoms with Gasteiger partial charge in [0.05, 0.1) is 0 Å². The molecule has 10 heavy (non-hydrogen) atoms. The van der Waals surface area contributed by atoms with Gasteiger partial charge in [0.25, 0.3) is 0 Å². The second kappa shape index (κ2) is 2.97. The largest absolute Gasteiger partial charge is 0.139 e. The van der Waals surface area contributed by atoms with E-state index in [2.05, 4.69) is 22.9 Å². The molecule has 0 amide bonds. The summed E-state index contributed by atoms with van der Waals surface area (Å²) in [6, 6.07) is 3.87. The molecule has 0 N–H and O–H groups in total. The van der Waals surface area contributed by atoms with Gasteiger partial charge in [0.2, 0.25) is 0 Å². The van der Waals surface area contributed by atoms with Crippen molar-refractivity contribution in [3.05, 3.63) is 27.2 Å². The van der Waals surface area contributed by atoms with Crippen LogP contribution in [0, 0.1) is 6.92 Å². The molecule has 0 nitrogen and oxygen atoms in total. The molecule has 0 aromatic heterocycles. The Morgan fingerprint density at radius 3 is 2.60 bits per heavy atom. The van der Waals surface area contributed by atoms with Gasteiger partial charge in [-0.25, -0.2) is 0 Å². The first-order valence-corrected chi connectivity index (χ1v) is 4.20. The zero-order valence-electron chi connectivity index (χ0n) is 5.91. The first kappa shape index (κ1) is 8.15. The summed E-state index contributed by atoms with van der Waals surface area (Å²) in [6.07, 6.45) is 0. The Morgan fingerprint density at radius 1 is 1.50 bits per heavy atom. The van der Waals surface area contributed by atoms with Gasteiger partial charge in [0.1, 0.15) is 7.85 Å². The number of halogens is 2. The molecule has 0 atom stereocenters. The maximum Gasteiger partial charge on any atom is 0.139 e. The van der Waals surface area contributed by atoms with Crippen LogP contribution < -0.4 is 5.46 Å². The highest BCUT2D eigenvalue weighted by Gasteiger charge is 1.98. The van der Waals surface area contributed by atoms with Crippen LogP contribution in [0.3, 0.4) is 0 Å². The van der Waals surface area contributed by atoms with Crippen LogP contribution in [0.5, 0.6) is 0 Å². The molecule has 3 heteroatoms. The molecule has 0 aliphatic rings. The van der Waals surface area contributed by atoms with Crippen molar-refractivity contribution in [1.82, 2.24) is 0 Å².